The third kappa shape index (κ3) is 2.44. The maximum atomic E-state index is 12.2. The highest BCUT2D eigenvalue weighted by molar-refractivity contribution is 5.88. The zero-order valence-electron chi connectivity index (χ0n) is 11.8. The molecular weight excluding hydrogens is 280 g/mol. The lowest BCUT2D eigenvalue weighted by Gasteiger charge is -2.00. The average molecular weight is 292 g/mol. The first-order chi connectivity index (χ1) is 10.6. The van der Waals surface area contributed by atoms with Gasteiger partial charge < -0.3 is 5.32 Å². The fourth-order valence-electron chi connectivity index (χ4n) is 2.29. The second kappa shape index (κ2) is 5.37. The van der Waals surface area contributed by atoms with Gasteiger partial charge in [-0.25, -0.2) is 4.99 Å². The van der Waals surface area contributed by atoms with Gasteiger partial charge in [-0.15, -0.1) is 0 Å². The molecule has 22 heavy (non-hydrogen) atoms. The van der Waals surface area contributed by atoms with Crippen molar-refractivity contribution in [3.8, 4) is 0 Å². The largest absolute Gasteiger partial charge is 0.326 e. The zero-order chi connectivity index (χ0) is 15.7. The van der Waals surface area contributed by atoms with E-state index < -0.39 is 0 Å². The van der Waals surface area contributed by atoms with Crippen LogP contribution in [0, 0.1) is 0 Å². The summed E-state index contributed by atoms with van der Waals surface area (Å²) in [7, 11) is 0. The van der Waals surface area contributed by atoms with Gasteiger partial charge in [-0.3, -0.25) is 14.4 Å². The Morgan fingerprint density at radius 1 is 0.909 bits per heavy atom. The predicted molar refractivity (Wildman–Crippen MR) is 84.8 cm³/mol. The Morgan fingerprint density at radius 2 is 1.45 bits per heavy atom. The Hall–Kier alpha value is -3.08. The molecule has 0 fully saturated rings. The summed E-state index contributed by atoms with van der Waals surface area (Å²) in [6.45, 7) is 1.42. The number of nitrogens with one attached hydrogen (secondary N) is 1. The van der Waals surface area contributed by atoms with Crippen molar-refractivity contribution in [1.29, 1.82) is 0 Å². The van der Waals surface area contributed by atoms with Crippen molar-refractivity contribution in [2.75, 3.05) is 5.32 Å². The average Bonchev–Trinajstić information content (AvgIpc) is 2.74. The molecule has 1 amide bonds. The molecule has 0 saturated carbocycles. The van der Waals surface area contributed by atoms with Crippen molar-refractivity contribution in [1.82, 2.24) is 0 Å². The molecule has 0 aliphatic rings. The molecule has 0 heterocycles. The molecule has 5 nitrogen and oxygen atoms in total. The molecule has 0 bridgehead atoms. The van der Waals surface area contributed by atoms with Crippen LogP contribution in [-0.4, -0.2) is 5.91 Å². The lowest BCUT2D eigenvalue weighted by Crippen LogP contribution is -2.31. The summed E-state index contributed by atoms with van der Waals surface area (Å²) in [5, 5.41) is 3.34. The van der Waals surface area contributed by atoms with Crippen molar-refractivity contribution in [2.24, 2.45) is 4.99 Å². The van der Waals surface area contributed by atoms with Gasteiger partial charge in [0.2, 0.25) is 16.8 Å². The van der Waals surface area contributed by atoms with Gasteiger partial charge in [0.25, 0.3) is 0 Å². The third-order valence-electron chi connectivity index (χ3n) is 3.28. The highest BCUT2D eigenvalue weighted by Gasteiger charge is 2.09. The first-order valence-electron chi connectivity index (χ1n) is 6.71. The fraction of sp³-hybridized carbons (Fsp3) is 0.0588. The van der Waals surface area contributed by atoms with Crippen LogP contribution in [0.5, 0.6) is 0 Å². The van der Waals surface area contributed by atoms with E-state index in [-0.39, 0.29) is 22.1 Å². The van der Waals surface area contributed by atoms with Crippen LogP contribution in [0.2, 0.25) is 0 Å². The molecule has 0 radical (unpaired) electrons. The number of benzene rings is 2. The van der Waals surface area contributed by atoms with Crippen LogP contribution in [0.3, 0.4) is 0 Å². The molecule has 3 aromatic carbocycles. The van der Waals surface area contributed by atoms with Crippen molar-refractivity contribution in [3.63, 3.8) is 0 Å². The second-order valence-corrected chi connectivity index (χ2v) is 4.89. The van der Waals surface area contributed by atoms with E-state index in [1.807, 2.05) is 0 Å². The zero-order valence-corrected chi connectivity index (χ0v) is 11.8. The summed E-state index contributed by atoms with van der Waals surface area (Å²) in [4.78, 5) is 39.6. The minimum Gasteiger partial charge on any atom is -0.326 e. The number of carbonyl (C=O) groups excluding carboxylic acids is 1. The fourth-order valence-corrected chi connectivity index (χ4v) is 2.29. The number of hydrogen-bond donors (Lipinski definition) is 1. The first-order valence-corrected chi connectivity index (χ1v) is 6.71. The van der Waals surface area contributed by atoms with E-state index in [2.05, 4.69) is 10.3 Å². The molecule has 0 saturated heterocycles. The summed E-state index contributed by atoms with van der Waals surface area (Å²) in [6.07, 6.45) is 0. The molecule has 0 aliphatic carbocycles. The normalized spacial score (nSPS) is 10.6. The molecule has 0 spiro atoms. The van der Waals surface area contributed by atoms with E-state index in [1.165, 1.54) is 6.92 Å². The highest BCUT2D eigenvalue weighted by atomic mass is 16.1. The predicted octanol–water partition coefficient (Wildman–Crippen LogP) is 1.63. The van der Waals surface area contributed by atoms with Crippen molar-refractivity contribution < 1.29 is 4.79 Å². The van der Waals surface area contributed by atoms with Gasteiger partial charge >= 0.3 is 0 Å². The molecule has 0 aromatic heterocycles. The molecule has 108 valence electrons. The monoisotopic (exact) mass is 292 g/mol. The number of rotatable bonds is 2. The minimum absolute atomic E-state index is 0.0755. The highest BCUT2D eigenvalue weighted by Crippen LogP contribution is 2.15. The molecule has 0 unspecified atom stereocenters. The lowest BCUT2D eigenvalue weighted by atomic mass is 10.2. The van der Waals surface area contributed by atoms with Gasteiger partial charge in [0.1, 0.15) is 0 Å². The molecule has 3 aromatic rings. The Bertz CT molecular complexity index is 961. The van der Waals surface area contributed by atoms with Crippen molar-refractivity contribution in [2.45, 2.75) is 6.92 Å². The summed E-state index contributed by atoms with van der Waals surface area (Å²) in [5.74, 6) is -0.171. The Balaban J connectivity index is 2.11. The van der Waals surface area contributed by atoms with Crippen LogP contribution >= 0.6 is 0 Å². The van der Waals surface area contributed by atoms with E-state index in [9.17, 15) is 14.4 Å². The van der Waals surface area contributed by atoms with E-state index in [0.29, 0.717) is 22.1 Å². The summed E-state index contributed by atoms with van der Waals surface area (Å²) >= 11 is 0. The molecule has 0 atom stereocenters. The van der Waals surface area contributed by atoms with Crippen LogP contribution in [0.1, 0.15) is 6.92 Å². The Morgan fingerprint density at radius 3 is 1.95 bits per heavy atom. The van der Waals surface area contributed by atoms with Crippen LogP contribution in [0.25, 0.3) is 10.8 Å². The second-order valence-electron chi connectivity index (χ2n) is 4.89. The third-order valence-corrected chi connectivity index (χ3v) is 3.28. The Kier molecular flexibility index (Phi) is 3.39. The van der Waals surface area contributed by atoms with Gasteiger partial charge in [-0.05, 0) is 24.3 Å². The molecule has 1 N–H and O–H groups in total. The first kappa shape index (κ1) is 13.9. The quantitative estimate of drug-likeness (QED) is 0.780. The van der Waals surface area contributed by atoms with Crippen LogP contribution in [0.15, 0.2) is 63.1 Å². The number of fused-ring (bicyclic) bond motifs is 1. The maximum absolute atomic E-state index is 12.2. The molecule has 3 rings (SSSR count). The number of amides is 1. The Labute approximate surface area is 125 Å². The van der Waals surface area contributed by atoms with E-state index in [1.54, 1.807) is 48.5 Å². The van der Waals surface area contributed by atoms with Gasteiger partial charge in [0, 0.05) is 23.4 Å². The van der Waals surface area contributed by atoms with Crippen LogP contribution in [-0.2, 0) is 4.79 Å². The van der Waals surface area contributed by atoms with E-state index >= 15 is 0 Å². The smallest absolute Gasteiger partial charge is 0.221 e. The lowest BCUT2D eigenvalue weighted by molar-refractivity contribution is -0.114. The summed E-state index contributed by atoms with van der Waals surface area (Å²) in [5.41, 5.74) is 0.403. The summed E-state index contributed by atoms with van der Waals surface area (Å²) < 4.78 is 0. The number of carbonyl (C=O) groups is 1. The maximum Gasteiger partial charge on any atom is 0.221 e. The molecule has 5 heteroatoms. The SMILES string of the molecule is CC(=O)Nc1ccc(N=c2c(=O)c3ccccc3c2=O)cc1. The van der Waals surface area contributed by atoms with Gasteiger partial charge in [0.15, 0.2) is 5.36 Å². The molecule has 0 aliphatic heterocycles. The number of anilines is 1. The van der Waals surface area contributed by atoms with Crippen molar-refractivity contribution >= 4 is 28.1 Å². The van der Waals surface area contributed by atoms with E-state index in [0.717, 1.165) is 0 Å². The van der Waals surface area contributed by atoms with E-state index in [4.69, 9.17) is 0 Å². The van der Waals surface area contributed by atoms with Gasteiger partial charge in [-0.2, -0.15) is 0 Å². The molecular formula is C17H12N2O3. The van der Waals surface area contributed by atoms with Gasteiger partial charge in [0.05, 0.1) is 5.69 Å². The van der Waals surface area contributed by atoms with Gasteiger partial charge in [-0.1, -0.05) is 24.3 Å². The standard InChI is InChI=1S/C17H12N2O3/c1-10(20)18-11-6-8-12(9-7-11)19-15-16(21)13-4-2-3-5-14(13)17(15)22/h2-9H,1H3,(H,18,20). The van der Waals surface area contributed by atoms with Crippen LogP contribution < -0.4 is 21.5 Å². The minimum atomic E-state index is -0.355. The van der Waals surface area contributed by atoms with Crippen LogP contribution in [0.4, 0.5) is 11.4 Å². The topological polar surface area (TPSA) is 75.6 Å². The number of hydrogen-bond acceptors (Lipinski definition) is 4. The number of nitrogens with zero attached hydrogens (tertiary/aromatic N) is 1. The van der Waals surface area contributed by atoms with Crippen molar-refractivity contribution in [3.05, 3.63) is 74.3 Å². The summed E-state index contributed by atoms with van der Waals surface area (Å²) in [6, 6.07) is 13.3.